The molecular weight excluding hydrogens is 344 g/mol. The molecule has 0 aliphatic rings. The van der Waals surface area contributed by atoms with E-state index in [0.29, 0.717) is 28.7 Å². The van der Waals surface area contributed by atoms with Crippen LogP contribution >= 0.6 is 0 Å². The predicted octanol–water partition coefficient (Wildman–Crippen LogP) is 3.79. The number of hydrogen-bond donors (Lipinski definition) is 0. The Hall–Kier alpha value is -3.74. The van der Waals surface area contributed by atoms with Crippen molar-refractivity contribution in [3.8, 4) is 28.8 Å². The van der Waals surface area contributed by atoms with Crippen molar-refractivity contribution in [2.75, 3.05) is 7.11 Å². The summed E-state index contributed by atoms with van der Waals surface area (Å²) in [4.78, 5) is 11.4. The largest absolute Gasteiger partial charge is 0.497 e. The van der Waals surface area contributed by atoms with Crippen LogP contribution < -0.4 is 9.47 Å². The smallest absolute Gasteiger partial charge is 0.237 e. The Morgan fingerprint density at radius 2 is 1.59 bits per heavy atom. The van der Waals surface area contributed by atoms with E-state index >= 15 is 0 Å². The number of methoxy groups -OCH3 is 1. The summed E-state index contributed by atoms with van der Waals surface area (Å²) in [6.07, 6.45) is 0. The van der Waals surface area contributed by atoms with E-state index in [4.69, 9.17) is 9.47 Å². The fourth-order valence-corrected chi connectivity index (χ4v) is 2.63. The molecule has 0 unspecified atom stereocenters. The van der Waals surface area contributed by atoms with Crippen LogP contribution in [0.3, 0.4) is 0 Å². The van der Waals surface area contributed by atoms with E-state index < -0.39 is 0 Å². The molecule has 2 aromatic carbocycles. The van der Waals surface area contributed by atoms with Crippen LogP contribution in [0.1, 0.15) is 17.3 Å². The number of carbonyl (C=O) groups excluding carboxylic acids is 1. The summed E-state index contributed by atoms with van der Waals surface area (Å²) in [6.45, 7) is 1.53. The van der Waals surface area contributed by atoms with Gasteiger partial charge in [-0.1, -0.05) is 0 Å². The van der Waals surface area contributed by atoms with Crippen LogP contribution in [0.4, 0.5) is 0 Å². The highest BCUT2D eigenvalue weighted by molar-refractivity contribution is 5.94. The van der Waals surface area contributed by atoms with E-state index in [-0.39, 0.29) is 5.78 Å². The highest BCUT2D eigenvalue weighted by Crippen LogP contribution is 2.24. The van der Waals surface area contributed by atoms with Gasteiger partial charge in [-0.25, -0.2) is 0 Å². The maximum absolute atomic E-state index is 11.4. The zero-order chi connectivity index (χ0) is 18.8. The molecule has 0 bridgehead atoms. The zero-order valence-corrected chi connectivity index (χ0v) is 14.8. The predicted molar refractivity (Wildman–Crippen MR) is 99.3 cm³/mol. The molecule has 4 aromatic rings. The lowest BCUT2D eigenvalue weighted by Gasteiger charge is -2.06. The third kappa shape index (κ3) is 3.35. The van der Waals surface area contributed by atoms with Crippen molar-refractivity contribution in [3.05, 3.63) is 66.2 Å². The minimum absolute atomic E-state index is 0.00900. The lowest BCUT2D eigenvalue weighted by atomic mass is 10.1. The van der Waals surface area contributed by atoms with Crippen molar-refractivity contribution in [1.29, 1.82) is 0 Å². The van der Waals surface area contributed by atoms with E-state index in [9.17, 15) is 4.79 Å². The summed E-state index contributed by atoms with van der Waals surface area (Å²) in [5.41, 5.74) is 2.10. The fourth-order valence-electron chi connectivity index (χ4n) is 2.63. The van der Waals surface area contributed by atoms with Gasteiger partial charge in [-0.15, -0.1) is 15.3 Å². The number of Topliss-reactive ketones (excluding diaryl/α,β-unsaturated/α-hetero) is 1. The Morgan fingerprint density at radius 3 is 2.26 bits per heavy atom. The first-order valence-corrected chi connectivity index (χ1v) is 8.30. The average molecular weight is 360 g/mol. The van der Waals surface area contributed by atoms with Crippen LogP contribution in [0.2, 0.25) is 0 Å². The van der Waals surface area contributed by atoms with Crippen molar-refractivity contribution in [1.82, 2.24) is 19.8 Å². The Morgan fingerprint density at radius 1 is 0.889 bits per heavy atom. The Kier molecular flexibility index (Phi) is 4.25. The maximum Gasteiger partial charge on any atom is 0.237 e. The topological polar surface area (TPSA) is 78.6 Å². The Bertz CT molecular complexity index is 1100. The van der Waals surface area contributed by atoms with Gasteiger partial charge in [-0.2, -0.15) is 4.52 Å². The summed E-state index contributed by atoms with van der Waals surface area (Å²) >= 11 is 0. The number of rotatable bonds is 5. The normalized spacial score (nSPS) is 10.7. The Labute approximate surface area is 155 Å². The van der Waals surface area contributed by atoms with Crippen LogP contribution in [0.15, 0.2) is 60.7 Å². The molecule has 0 saturated heterocycles. The molecule has 27 heavy (non-hydrogen) atoms. The van der Waals surface area contributed by atoms with E-state index in [0.717, 1.165) is 11.3 Å². The van der Waals surface area contributed by atoms with E-state index in [2.05, 4.69) is 15.3 Å². The van der Waals surface area contributed by atoms with Crippen LogP contribution in [0.25, 0.3) is 17.0 Å². The Balaban J connectivity index is 1.65. The van der Waals surface area contributed by atoms with Gasteiger partial charge in [0.1, 0.15) is 11.5 Å². The third-order valence-corrected chi connectivity index (χ3v) is 4.07. The van der Waals surface area contributed by atoms with Crippen molar-refractivity contribution in [2.45, 2.75) is 6.92 Å². The molecule has 7 nitrogen and oxygen atoms in total. The number of ether oxygens (including phenoxy) is 2. The minimum atomic E-state index is 0.00900. The van der Waals surface area contributed by atoms with Crippen molar-refractivity contribution < 1.29 is 14.3 Å². The van der Waals surface area contributed by atoms with Gasteiger partial charge in [0.2, 0.25) is 5.88 Å². The standard InChI is InChI=1S/C20H16N4O3/c1-13(25)14-3-9-17(10-4-14)27-19-12-11-18-21-22-20(24(18)23-19)15-5-7-16(26-2)8-6-15/h3-12H,1-2H3. The van der Waals surface area contributed by atoms with Crippen LogP contribution in [-0.4, -0.2) is 32.7 Å². The first-order valence-electron chi connectivity index (χ1n) is 8.30. The second kappa shape index (κ2) is 6.87. The van der Waals surface area contributed by atoms with Gasteiger partial charge < -0.3 is 9.47 Å². The van der Waals surface area contributed by atoms with Crippen molar-refractivity contribution >= 4 is 11.4 Å². The SMILES string of the molecule is COc1ccc(-c2nnc3ccc(Oc4ccc(C(C)=O)cc4)nn23)cc1. The van der Waals surface area contributed by atoms with Crippen LogP contribution in [0, 0.1) is 0 Å². The molecule has 0 spiro atoms. The van der Waals surface area contributed by atoms with Gasteiger partial charge in [0.15, 0.2) is 17.3 Å². The molecule has 0 aliphatic carbocycles. The quantitative estimate of drug-likeness (QED) is 0.504. The molecule has 2 heterocycles. The highest BCUT2D eigenvalue weighted by Gasteiger charge is 2.11. The lowest BCUT2D eigenvalue weighted by molar-refractivity contribution is 0.101. The molecule has 0 N–H and O–H groups in total. The molecule has 0 saturated carbocycles. The monoisotopic (exact) mass is 360 g/mol. The number of aromatic nitrogens is 4. The second-order valence-electron chi connectivity index (χ2n) is 5.88. The molecule has 0 amide bonds. The molecule has 0 aliphatic heterocycles. The third-order valence-electron chi connectivity index (χ3n) is 4.07. The number of fused-ring (bicyclic) bond motifs is 1. The number of ketones is 1. The van der Waals surface area contributed by atoms with Gasteiger partial charge in [0, 0.05) is 17.2 Å². The molecule has 4 rings (SSSR count). The number of benzene rings is 2. The van der Waals surface area contributed by atoms with E-state index in [1.807, 2.05) is 24.3 Å². The van der Waals surface area contributed by atoms with Gasteiger partial charge in [-0.3, -0.25) is 4.79 Å². The summed E-state index contributed by atoms with van der Waals surface area (Å²) in [5, 5.41) is 12.8. The minimum Gasteiger partial charge on any atom is -0.497 e. The summed E-state index contributed by atoms with van der Waals surface area (Å²) in [5.74, 6) is 2.36. The number of hydrogen-bond acceptors (Lipinski definition) is 6. The average Bonchev–Trinajstić information content (AvgIpc) is 3.12. The lowest BCUT2D eigenvalue weighted by Crippen LogP contribution is -1.98. The van der Waals surface area contributed by atoms with Gasteiger partial charge in [0.25, 0.3) is 0 Å². The van der Waals surface area contributed by atoms with Gasteiger partial charge in [0.05, 0.1) is 7.11 Å². The summed E-state index contributed by atoms with van der Waals surface area (Å²) in [7, 11) is 1.62. The first-order chi connectivity index (χ1) is 13.1. The molecule has 7 heteroatoms. The zero-order valence-electron chi connectivity index (χ0n) is 14.8. The van der Waals surface area contributed by atoms with Crippen molar-refractivity contribution in [3.63, 3.8) is 0 Å². The van der Waals surface area contributed by atoms with Crippen molar-refractivity contribution in [2.24, 2.45) is 0 Å². The highest BCUT2D eigenvalue weighted by atomic mass is 16.5. The summed E-state index contributed by atoms with van der Waals surface area (Å²) in [6, 6.07) is 17.9. The molecular formula is C20H16N4O3. The maximum atomic E-state index is 11.4. The fraction of sp³-hybridized carbons (Fsp3) is 0.100. The molecule has 134 valence electrons. The number of carbonyl (C=O) groups is 1. The molecule has 0 atom stereocenters. The van der Waals surface area contributed by atoms with Crippen LogP contribution in [-0.2, 0) is 0 Å². The van der Waals surface area contributed by atoms with E-state index in [1.54, 1.807) is 48.0 Å². The second-order valence-corrected chi connectivity index (χ2v) is 5.88. The van der Waals surface area contributed by atoms with Gasteiger partial charge in [-0.05, 0) is 61.5 Å². The number of nitrogens with zero attached hydrogens (tertiary/aromatic N) is 4. The summed E-state index contributed by atoms with van der Waals surface area (Å²) < 4.78 is 12.6. The van der Waals surface area contributed by atoms with Crippen LogP contribution in [0.5, 0.6) is 17.4 Å². The molecule has 0 radical (unpaired) electrons. The molecule has 0 fully saturated rings. The van der Waals surface area contributed by atoms with E-state index in [1.165, 1.54) is 6.92 Å². The first kappa shape index (κ1) is 16.7. The molecule has 2 aromatic heterocycles. The van der Waals surface area contributed by atoms with Gasteiger partial charge >= 0.3 is 0 Å².